The van der Waals surface area contributed by atoms with Gasteiger partial charge in [0.25, 0.3) is 0 Å². The SMILES string of the molecule is O=C(O)c1ccc(Br)cc1N1CCC2(CC1)CC2. The minimum atomic E-state index is -0.843. The van der Waals surface area contributed by atoms with Gasteiger partial charge in [-0.3, -0.25) is 0 Å². The van der Waals surface area contributed by atoms with Gasteiger partial charge in [0, 0.05) is 17.6 Å². The van der Waals surface area contributed by atoms with Crippen molar-refractivity contribution >= 4 is 27.6 Å². The Morgan fingerprint density at radius 1 is 1.22 bits per heavy atom. The summed E-state index contributed by atoms with van der Waals surface area (Å²) in [6.07, 6.45) is 5.15. The van der Waals surface area contributed by atoms with E-state index in [0.29, 0.717) is 11.0 Å². The van der Waals surface area contributed by atoms with Crippen molar-refractivity contribution in [3.05, 3.63) is 28.2 Å². The van der Waals surface area contributed by atoms with Crippen molar-refractivity contribution in [2.75, 3.05) is 18.0 Å². The Bertz CT molecular complexity index is 487. The molecule has 0 radical (unpaired) electrons. The third kappa shape index (κ3) is 2.14. The van der Waals surface area contributed by atoms with Crippen LogP contribution < -0.4 is 4.90 Å². The molecule has 0 atom stereocenters. The van der Waals surface area contributed by atoms with Crippen LogP contribution in [0.3, 0.4) is 0 Å². The topological polar surface area (TPSA) is 40.5 Å². The van der Waals surface area contributed by atoms with E-state index < -0.39 is 5.97 Å². The van der Waals surface area contributed by atoms with E-state index >= 15 is 0 Å². The van der Waals surface area contributed by atoms with Crippen LogP contribution in [0, 0.1) is 5.41 Å². The monoisotopic (exact) mass is 309 g/mol. The van der Waals surface area contributed by atoms with Gasteiger partial charge < -0.3 is 10.0 Å². The first-order valence-corrected chi connectivity index (χ1v) is 7.17. The number of halogens is 1. The molecule has 1 spiro atoms. The van der Waals surface area contributed by atoms with Gasteiger partial charge in [-0.1, -0.05) is 15.9 Å². The molecule has 2 aliphatic rings. The molecule has 96 valence electrons. The van der Waals surface area contributed by atoms with Crippen LogP contribution in [0.25, 0.3) is 0 Å². The molecule has 1 N–H and O–H groups in total. The second-order valence-corrected chi connectivity index (χ2v) is 6.37. The van der Waals surface area contributed by atoms with E-state index in [0.717, 1.165) is 23.2 Å². The maximum Gasteiger partial charge on any atom is 0.337 e. The molecular formula is C14H16BrNO2. The molecule has 1 heterocycles. The lowest BCUT2D eigenvalue weighted by Gasteiger charge is -2.34. The number of carboxylic acids is 1. The summed E-state index contributed by atoms with van der Waals surface area (Å²) in [4.78, 5) is 13.5. The summed E-state index contributed by atoms with van der Waals surface area (Å²) in [5.41, 5.74) is 1.88. The largest absolute Gasteiger partial charge is 0.478 e. The zero-order valence-electron chi connectivity index (χ0n) is 10.2. The Hall–Kier alpha value is -1.03. The molecule has 2 fully saturated rings. The van der Waals surface area contributed by atoms with Crippen molar-refractivity contribution in [3.63, 3.8) is 0 Å². The number of piperidine rings is 1. The van der Waals surface area contributed by atoms with Crippen molar-refractivity contribution in [1.29, 1.82) is 0 Å². The lowest BCUT2D eigenvalue weighted by atomic mass is 9.93. The van der Waals surface area contributed by atoms with E-state index in [1.165, 1.54) is 25.7 Å². The fraction of sp³-hybridized carbons (Fsp3) is 0.500. The zero-order valence-corrected chi connectivity index (χ0v) is 11.7. The van der Waals surface area contributed by atoms with E-state index in [1.54, 1.807) is 12.1 Å². The summed E-state index contributed by atoms with van der Waals surface area (Å²) in [5.74, 6) is -0.843. The van der Waals surface area contributed by atoms with E-state index in [2.05, 4.69) is 20.8 Å². The summed E-state index contributed by atoms with van der Waals surface area (Å²) in [6.45, 7) is 1.97. The molecule has 1 saturated carbocycles. The van der Waals surface area contributed by atoms with Crippen LogP contribution in [0.15, 0.2) is 22.7 Å². The third-order valence-electron chi connectivity index (χ3n) is 4.31. The van der Waals surface area contributed by atoms with Crippen molar-refractivity contribution in [2.24, 2.45) is 5.41 Å². The number of hydrogen-bond acceptors (Lipinski definition) is 2. The summed E-state index contributed by atoms with van der Waals surface area (Å²) in [5, 5.41) is 9.26. The summed E-state index contributed by atoms with van der Waals surface area (Å²) >= 11 is 3.43. The third-order valence-corrected chi connectivity index (χ3v) is 4.81. The quantitative estimate of drug-likeness (QED) is 0.908. The molecule has 1 saturated heterocycles. The van der Waals surface area contributed by atoms with E-state index in [4.69, 9.17) is 0 Å². The Kier molecular flexibility index (Phi) is 2.85. The normalized spacial score (nSPS) is 21.1. The standard InChI is InChI=1S/C14H16BrNO2/c15-10-1-2-11(13(17)18)12(9-10)16-7-5-14(3-4-14)6-8-16/h1-2,9H,3-8H2,(H,17,18). The second kappa shape index (κ2) is 4.26. The molecule has 1 aromatic carbocycles. The molecule has 3 nitrogen and oxygen atoms in total. The van der Waals surface area contributed by atoms with Crippen molar-refractivity contribution in [3.8, 4) is 0 Å². The van der Waals surface area contributed by atoms with Crippen molar-refractivity contribution in [1.82, 2.24) is 0 Å². The smallest absolute Gasteiger partial charge is 0.337 e. The van der Waals surface area contributed by atoms with Crippen LogP contribution in [0.2, 0.25) is 0 Å². The molecule has 0 amide bonds. The first-order valence-electron chi connectivity index (χ1n) is 6.38. The van der Waals surface area contributed by atoms with Crippen LogP contribution in [0.5, 0.6) is 0 Å². The number of benzene rings is 1. The average Bonchev–Trinajstić information content (AvgIpc) is 3.09. The summed E-state index contributed by atoms with van der Waals surface area (Å²) < 4.78 is 0.939. The number of aromatic carboxylic acids is 1. The Balaban J connectivity index is 1.86. The highest BCUT2D eigenvalue weighted by Gasteiger charge is 2.44. The maximum atomic E-state index is 11.3. The molecule has 1 aliphatic heterocycles. The van der Waals surface area contributed by atoms with Gasteiger partial charge in [-0.2, -0.15) is 0 Å². The van der Waals surface area contributed by atoms with Crippen molar-refractivity contribution in [2.45, 2.75) is 25.7 Å². The lowest BCUT2D eigenvalue weighted by molar-refractivity contribution is 0.0697. The van der Waals surface area contributed by atoms with Gasteiger partial charge in [0.2, 0.25) is 0 Å². The Labute approximate surface area is 115 Å². The van der Waals surface area contributed by atoms with Gasteiger partial charge in [0.05, 0.1) is 11.3 Å². The molecule has 0 unspecified atom stereocenters. The van der Waals surface area contributed by atoms with Crippen LogP contribution >= 0.6 is 15.9 Å². The predicted molar refractivity (Wildman–Crippen MR) is 74.2 cm³/mol. The summed E-state index contributed by atoms with van der Waals surface area (Å²) in [7, 11) is 0. The highest BCUT2D eigenvalue weighted by molar-refractivity contribution is 9.10. The number of hydrogen-bond donors (Lipinski definition) is 1. The van der Waals surface area contributed by atoms with Crippen LogP contribution in [0.4, 0.5) is 5.69 Å². The number of rotatable bonds is 2. The maximum absolute atomic E-state index is 11.3. The fourth-order valence-corrected chi connectivity index (χ4v) is 3.20. The molecule has 4 heteroatoms. The van der Waals surface area contributed by atoms with Gasteiger partial charge in [0.15, 0.2) is 0 Å². The number of anilines is 1. The highest BCUT2D eigenvalue weighted by atomic mass is 79.9. The van der Waals surface area contributed by atoms with E-state index in [1.807, 2.05) is 6.07 Å². The number of carboxylic acid groups (broad SMARTS) is 1. The lowest BCUT2D eigenvalue weighted by Crippen LogP contribution is -2.35. The minimum Gasteiger partial charge on any atom is -0.478 e. The molecule has 0 aromatic heterocycles. The second-order valence-electron chi connectivity index (χ2n) is 5.45. The van der Waals surface area contributed by atoms with Gasteiger partial charge in [-0.15, -0.1) is 0 Å². The van der Waals surface area contributed by atoms with Crippen molar-refractivity contribution < 1.29 is 9.90 Å². The Morgan fingerprint density at radius 3 is 2.44 bits per heavy atom. The zero-order chi connectivity index (χ0) is 12.8. The molecule has 1 aromatic rings. The molecule has 0 bridgehead atoms. The van der Waals surface area contributed by atoms with Crippen LogP contribution in [-0.2, 0) is 0 Å². The molecule has 18 heavy (non-hydrogen) atoms. The number of carbonyl (C=O) groups is 1. The van der Waals surface area contributed by atoms with Gasteiger partial charge in [-0.25, -0.2) is 4.79 Å². The van der Waals surface area contributed by atoms with Gasteiger partial charge in [0.1, 0.15) is 0 Å². The fourth-order valence-electron chi connectivity index (χ4n) is 2.85. The first kappa shape index (κ1) is 12.0. The van der Waals surface area contributed by atoms with Crippen LogP contribution in [0.1, 0.15) is 36.0 Å². The highest BCUT2D eigenvalue weighted by Crippen LogP contribution is 2.54. The first-order chi connectivity index (χ1) is 8.60. The van der Waals surface area contributed by atoms with E-state index in [9.17, 15) is 9.90 Å². The minimum absolute atomic E-state index is 0.407. The molecule has 3 rings (SSSR count). The average molecular weight is 310 g/mol. The molecular weight excluding hydrogens is 294 g/mol. The number of nitrogens with zero attached hydrogens (tertiary/aromatic N) is 1. The summed E-state index contributed by atoms with van der Waals surface area (Å²) in [6, 6.07) is 5.40. The predicted octanol–water partition coefficient (Wildman–Crippen LogP) is 3.53. The van der Waals surface area contributed by atoms with Gasteiger partial charge >= 0.3 is 5.97 Å². The Morgan fingerprint density at radius 2 is 1.89 bits per heavy atom. The van der Waals surface area contributed by atoms with Crippen LogP contribution in [-0.4, -0.2) is 24.2 Å². The van der Waals surface area contributed by atoms with E-state index in [-0.39, 0.29) is 0 Å². The molecule has 1 aliphatic carbocycles. The van der Waals surface area contributed by atoms with Gasteiger partial charge in [-0.05, 0) is 49.3 Å².